The summed E-state index contributed by atoms with van der Waals surface area (Å²) in [6.45, 7) is 0. The van der Waals surface area contributed by atoms with E-state index in [4.69, 9.17) is 11.0 Å². The monoisotopic (exact) mass is 297 g/mol. The number of hydrogen-bond donors (Lipinski definition) is 2. The van der Waals surface area contributed by atoms with E-state index in [9.17, 15) is 15.2 Å². The van der Waals surface area contributed by atoms with Gasteiger partial charge in [-0.25, -0.2) is 0 Å². The molecule has 108 valence electrons. The van der Waals surface area contributed by atoms with E-state index in [0.29, 0.717) is 5.56 Å². The van der Waals surface area contributed by atoms with Gasteiger partial charge >= 0.3 is 5.69 Å². The normalized spacial score (nSPS) is 16.2. The summed E-state index contributed by atoms with van der Waals surface area (Å²) in [4.78, 5) is 10.2. The Hall–Kier alpha value is -1.84. The van der Waals surface area contributed by atoms with E-state index >= 15 is 0 Å². The topological polar surface area (TPSA) is 113 Å². The third-order valence-corrected chi connectivity index (χ3v) is 3.71. The van der Waals surface area contributed by atoms with Crippen molar-refractivity contribution in [2.75, 3.05) is 0 Å². The fourth-order valence-corrected chi connectivity index (χ4v) is 2.67. The van der Waals surface area contributed by atoms with Gasteiger partial charge in [-0.05, 0) is 24.8 Å². The average Bonchev–Trinajstić information content (AvgIpc) is 2.91. The number of phenols is 1. The summed E-state index contributed by atoms with van der Waals surface area (Å²) in [6, 6.07) is 3.92. The zero-order chi connectivity index (χ0) is 14.0. The van der Waals surface area contributed by atoms with Crippen LogP contribution >= 0.6 is 12.4 Å². The van der Waals surface area contributed by atoms with Crippen LogP contribution in [0.2, 0.25) is 0 Å². The lowest BCUT2D eigenvalue weighted by Crippen LogP contribution is -2.19. The number of nitro benzene ring substituents is 1. The Kier molecular flexibility index (Phi) is 5.31. The number of hydrogen-bond acceptors (Lipinski definition) is 5. The zero-order valence-electron chi connectivity index (χ0n) is 10.8. The highest BCUT2D eigenvalue weighted by molar-refractivity contribution is 5.85. The van der Waals surface area contributed by atoms with Crippen molar-refractivity contribution in [2.24, 2.45) is 11.7 Å². The lowest BCUT2D eigenvalue weighted by molar-refractivity contribution is -0.386. The van der Waals surface area contributed by atoms with Crippen LogP contribution < -0.4 is 5.73 Å². The molecule has 2 rings (SSSR count). The van der Waals surface area contributed by atoms with E-state index in [1.807, 2.05) is 6.07 Å². The molecule has 0 unspecified atom stereocenters. The van der Waals surface area contributed by atoms with Gasteiger partial charge in [-0.1, -0.05) is 12.8 Å². The molecular weight excluding hydrogens is 282 g/mol. The van der Waals surface area contributed by atoms with Crippen LogP contribution in [0.15, 0.2) is 12.1 Å². The first-order valence-corrected chi connectivity index (χ1v) is 6.21. The van der Waals surface area contributed by atoms with Crippen LogP contribution in [-0.2, 0) is 0 Å². The van der Waals surface area contributed by atoms with Crippen molar-refractivity contribution < 1.29 is 10.0 Å². The number of nitrogens with two attached hydrogens (primary N) is 1. The summed E-state index contributed by atoms with van der Waals surface area (Å²) in [5, 5.41) is 29.8. The molecule has 1 aromatic carbocycles. The first-order valence-electron chi connectivity index (χ1n) is 6.21. The van der Waals surface area contributed by atoms with Crippen LogP contribution in [0.25, 0.3) is 0 Å². The first kappa shape index (κ1) is 16.2. The van der Waals surface area contributed by atoms with Crippen molar-refractivity contribution in [3.05, 3.63) is 33.4 Å². The van der Waals surface area contributed by atoms with Gasteiger partial charge in [0, 0.05) is 17.7 Å². The Morgan fingerprint density at radius 1 is 1.45 bits per heavy atom. The molecule has 0 aliphatic heterocycles. The molecule has 0 saturated heterocycles. The van der Waals surface area contributed by atoms with Gasteiger partial charge in [0.05, 0.1) is 16.6 Å². The molecule has 0 radical (unpaired) electrons. The second kappa shape index (κ2) is 6.55. The molecule has 0 aromatic heterocycles. The van der Waals surface area contributed by atoms with Crippen LogP contribution in [0.1, 0.15) is 42.9 Å². The molecular formula is C13H16ClN3O3. The largest absolute Gasteiger partial charge is 0.502 e. The Labute approximate surface area is 122 Å². The number of nitriles is 1. The Morgan fingerprint density at radius 2 is 2.05 bits per heavy atom. The summed E-state index contributed by atoms with van der Waals surface area (Å²) in [6.07, 6.45) is 4.06. The van der Waals surface area contributed by atoms with E-state index in [2.05, 4.69) is 0 Å². The Bertz CT molecular complexity index is 551. The molecule has 20 heavy (non-hydrogen) atoms. The van der Waals surface area contributed by atoms with Gasteiger partial charge in [0.25, 0.3) is 0 Å². The fourth-order valence-electron chi connectivity index (χ4n) is 2.67. The van der Waals surface area contributed by atoms with Crippen LogP contribution in [0, 0.1) is 27.4 Å². The minimum Gasteiger partial charge on any atom is -0.502 e. The smallest absolute Gasteiger partial charge is 0.312 e. The van der Waals surface area contributed by atoms with Gasteiger partial charge in [-0.15, -0.1) is 12.4 Å². The third-order valence-electron chi connectivity index (χ3n) is 3.71. The third kappa shape index (κ3) is 3.00. The zero-order valence-corrected chi connectivity index (χ0v) is 11.6. The summed E-state index contributed by atoms with van der Waals surface area (Å²) >= 11 is 0. The minimum atomic E-state index is -0.693. The van der Waals surface area contributed by atoms with Crippen LogP contribution in [0.4, 0.5) is 5.69 Å². The summed E-state index contributed by atoms with van der Waals surface area (Å²) in [7, 11) is 0. The molecule has 1 atom stereocenters. The Balaban J connectivity index is 0.00000200. The predicted molar refractivity (Wildman–Crippen MR) is 75.6 cm³/mol. The van der Waals surface area contributed by atoms with Crippen LogP contribution in [0.5, 0.6) is 5.75 Å². The van der Waals surface area contributed by atoms with Crippen molar-refractivity contribution in [1.29, 1.82) is 5.26 Å². The molecule has 1 aromatic rings. The molecule has 3 N–H and O–H groups in total. The molecule has 0 amide bonds. The lowest BCUT2D eigenvalue weighted by atomic mass is 9.90. The van der Waals surface area contributed by atoms with Crippen molar-refractivity contribution in [3.8, 4) is 11.8 Å². The number of aromatic hydroxyl groups is 1. The second-order valence-corrected chi connectivity index (χ2v) is 4.87. The minimum absolute atomic E-state index is 0. The first-order chi connectivity index (χ1) is 9.04. The fraction of sp³-hybridized carbons (Fsp3) is 0.462. The van der Waals surface area contributed by atoms with Crippen molar-refractivity contribution in [2.45, 2.75) is 31.7 Å². The van der Waals surface area contributed by atoms with E-state index in [-0.39, 0.29) is 23.9 Å². The van der Waals surface area contributed by atoms with Crippen LogP contribution in [0.3, 0.4) is 0 Å². The van der Waals surface area contributed by atoms with Crippen molar-refractivity contribution >= 4 is 18.1 Å². The average molecular weight is 298 g/mol. The van der Waals surface area contributed by atoms with E-state index < -0.39 is 22.4 Å². The molecule has 1 aliphatic carbocycles. The predicted octanol–water partition coefficient (Wildman–Crippen LogP) is 2.78. The summed E-state index contributed by atoms with van der Waals surface area (Å²) in [5.74, 6) is -0.206. The van der Waals surface area contributed by atoms with Gasteiger partial charge in [-0.3, -0.25) is 10.1 Å². The maximum absolute atomic E-state index is 10.9. The molecule has 0 heterocycles. The molecule has 1 aliphatic rings. The highest BCUT2D eigenvalue weighted by atomic mass is 35.5. The van der Waals surface area contributed by atoms with Gasteiger partial charge in [0.1, 0.15) is 0 Å². The molecule has 7 heteroatoms. The molecule has 0 spiro atoms. The van der Waals surface area contributed by atoms with E-state index in [0.717, 1.165) is 31.7 Å². The number of halogens is 1. The summed E-state index contributed by atoms with van der Waals surface area (Å²) < 4.78 is 0. The van der Waals surface area contributed by atoms with Gasteiger partial charge in [-0.2, -0.15) is 5.26 Å². The maximum atomic E-state index is 10.9. The molecule has 1 fully saturated rings. The Morgan fingerprint density at radius 3 is 2.55 bits per heavy atom. The van der Waals surface area contributed by atoms with Gasteiger partial charge in [0.15, 0.2) is 5.75 Å². The highest BCUT2D eigenvalue weighted by Gasteiger charge is 2.29. The molecule has 6 nitrogen and oxygen atoms in total. The van der Waals surface area contributed by atoms with Crippen LogP contribution in [-0.4, -0.2) is 10.0 Å². The summed E-state index contributed by atoms with van der Waals surface area (Å²) in [5.41, 5.74) is 6.10. The SMILES string of the molecule is Cl.N#Cc1cc([C@H](N)C2CCCC2)c(O)c([N+](=O)[O-])c1. The molecule has 0 bridgehead atoms. The molecule has 1 saturated carbocycles. The van der Waals surface area contributed by atoms with Gasteiger partial charge in [0.2, 0.25) is 0 Å². The number of benzene rings is 1. The van der Waals surface area contributed by atoms with Gasteiger partial charge < -0.3 is 10.8 Å². The number of phenolic OH excluding ortho intramolecular Hbond substituents is 1. The van der Waals surface area contributed by atoms with E-state index in [1.54, 1.807) is 0 Å². The van der Waals surface area contributed by atoms with Crippen molar-refractivity contribution in [3.63, 3.8) is 0 Å². The lowest BCUT2D eigenvalue weighted by Gasteiger charge is -2.20. The standard InChI is InChI=1S/C13H15N3O3.ClH/c14-7-8-5-10(12(15)9-3-1-2-4-9)13(17)11(6-8)16(18)19;/h5-6,9,12,17H,1-4,15H2;1H/t12-;/m1./s1. The number of rotatable bonds is 3. The quantitative estimate of drug-likeness (QED) is 0.658. The number of nitro groups is 1. The number of nitrogens with zero attached hydrogens (tertiary/aromatic N) is 2. The highest BCUT2D eigenvalue weighted by Crippen LogP contribution is 2.41. The van der Waals surface area contributed by atoms with Crippen molar-refractivity contribution in [1.82, 2.24) is 0 Å². The second-order valence-electron chi connectivity index (χ2n) is 4.87. The maximum Gasteiger partial charge on any atom is 0.312 e. The van der Waals surface area contributed by atoms with E-state index in [1.165, 1.54) is 6.07 Å².